The predicted octanol–water partition coefficient (Wildman–Crippen LogP) is -1.14. The highest BCUT2D eigenvalue weighted by atomic mass is 16.2. The summed E-state index contributed by atoms with van der Waals surface area (Å²) in [5, 5.41) is 5.07. The summed E-state index contributed by atoms with van der Waals surface area (Å²) < 4.78 is 0. The zero-order valence-corrected chi connectivity index (χ0v) is 9.96. The molecular formula is C10H17N3O3. The van der Waals surface area contributed by atoms with E-state index in [1.807, 2.05) is 0 Å². The van der Waals surface area contributed by atoms with Crippen LogP contribution in [-0.2, 0) is 14.4 Å². The molecule has 0 spiro atoms. The van der Waals surface area contributed by atoms with Gasteiger partial charge in [-0.2, -0.15) is 0 Å². The maximum Gasteiger partial charge on any atom is 0.250 e. The standard InChI is InChI=1S/C10H17N3O3/c1-6(8(15)11-4)13-5-10(3,9(13)16)12-7(2)14/h6H,5H2,1-4H3,(H,11,15)(H,12,14)/t6-,10+/m0/s1. The van der Waals surface area contributed by atoms with Crippen molar-refractivity contribution in [2.45, 2.75) is 32.4 Å². The molecule has 0 radical (unpaired) electrons. The molecule has 16 heavy (non-hydrogen) atoms. The van der Waals surface area contributed by atoms with Crippen molar-refractivity contribution < 1.29 is 14.4 Å². The average Bonchev–Trinajstić information content (AvgIpc) is 2.22. The van der Waals surface area contributed by atoms with Gasteiger partial charge in [0.1, 0.15) is 11.6 Å². The van der Waals surface area contributed by atoms with Crippen molar-refractivity contribution in [2.75, 3.05) is 13.6 Å². The van der Waals surface area contributed by atoms with E-state index in [-0.39, 0.29) is 17.7 Å². The number of carbonyl (C=O) groups is 3. The molecule has 0 bridgehead atoms. The molecule has 1 rings (SSSR count). The second-order valence-electron chi connectivity index (χ2n) is 4.24. The summed E-state index contributed by atoms with van der Waals surface area (Å²) >= 11 is 0. The summed E-state index contributed by atoms with van der Waals surface area (Å²) in [5.74, 6) is -0.680. The second-order valence-corrected chi connectivity index (χ2v) is 4.24. The minimum Gasteiger partial charge on any atom is -0.357 e. The van der Waals surface area contributed by atoms with Crippen LogP contribution in [0.25, 0.3) is 0 Å². The van der Waals surface area contributed by atoms with Gasteiger partial charge in [0.25, 0.3) is 5.91 Å². The van der Waals surface area contributed by atoms with Crippen molar-refractivity contribution in [3.8, 4) is 0 Å². The third-order valence-corrected chi connectivity index (χ3v) is 2.76. The Hall–Kier alpha value is -1.59. The molecule has 1 aliphatic rings. The van der Waals surface area contributed by atoms with Gasteiger partial charge in [0, 0.05) is 14.0 Å². The monoisotopic (exact) mass is 227 g/mol. The summed E-state index contributed by atoms with van der Waals surface area (Å²) in [6.45, 7) is 5.04. The van der Waals surface area contributed by atoms with Crippen molar-refractivity contribution >= 4 is 17.7 Å². The predicted molar refractivity (Wildman–Crippen MR) is 57.5 cm³/mol. The van der Waals surface area contributed by atoms with Gasteiger partial charge in [-0.3, -0.25) is 14.4 Å². The molecule has 6 heteroatoms. The van der Waals surface area contributed by atoms with E-state index in [0.717, 1.165) is 0 Å². The molecule has 0 aromatic rings. The van der Waals surface area contributed by atoms with Crippen LogP contribution < -0.4 is 10.6 Å². The summed E-state index contributed by atoms with van der Waals surface area (Å²) in [7, 11) is 1.52. The molecule has 0 saturated carbocycles. The van der Waals surface area contributed by atoms with Crippen molar-refractivity contribution in [1.29, 1.82) is 0 Å². The molecule has 6 nitrogen and oxygen atoms in total. The molecule has 1 aliphatic heterocycles. The highest BCUT2D eigenvalue weighted by molar-refractivity contribution is 5.99. The van der Waals surface area contributed by atoms with Crippen molar-refractivity contribution in [3.05, 3.63) is 0 Å². The van der Waals surface area contributed by atoms with Gasteiger partial charge in [-0.05, 0) is 13.8 Å². The molecule has 2 N–H and O–H groups in total. The number of amides is 3. The fourth-order valence-electron chi connectivity index (χ4n) is 1.85. The first-order valence-corrected chi connectivity index (χ1v) is 5.13. The molecular weight excluding hydrogens is 210 g/mol. The number of likely N-dealkylation sites (tertiary alicyclic amines) is 1. The van der Waals surface area contributed by atoms with Crippen LogP contribution in [0.4, 0.5) is 0 Å². The van der Waals surface area contributed by atoms with E-state index in [4.69, 9.17) is 0 Å². The highest BCUT2D eigenvalue weighted by Crippen LogP contribution is 2.24. The number of carbonyl (C=O) groups excluding carboxylic acids is 3. The van der Waals surface area contributed by atoms with Gasteiger partial charge in [0.15, 0.2) is 0 Å². The van der Waals surface area contributed by atoms with Crippen LogP contribution in [0.2, 0.25) is 0 Å². The van der Waals surface area contributed by atoms with Crippen molar-refractivity contribution in [1.82, 2.24) is 15.5 Å². The van der Waals surface area contributed by atoms with Gasteiger partial charge in [0.05, 0.1) is 6.54 Å². The maximum absolute atomic E-state index is 11.8. The van der Waals surface area contributed by atoms with Crippen LogP contribution in [0.15, 0.2) is 0 Å². The van der Waals surface area contributed by atoms with E-state index < -0.39 is 11.6 Å². The largest absolute Gasteiger partial charge is 0.357 e. The Balaban J connectivity index is 2.64. The Kier molecular flexibility index (Phi) is 3.21. The zero-order valence-electron chi connectivity index (χ0n) is 9.96. The lowest BCUT2D eigenvalue weighted by Gasteiger charge is -2.48. The lowest BCUT2D eigenvalue weighted by Crippen LogP contribution is -2.75. The number of nitrogens with zero attached hydrogens (tertiary/aromatic N) is 1. The average molecular weight is 227 g/mol. The molecule has 0 unspecified atom stereocenters. The number of likely N-dealkylation sites (N-methyl/N-ethyl adjacent to an activating group) is 1. The Labute approximate surface area is 94.4 Å². The minimum atomic E-state index is -0.853. The second kappa shape index (κ2) is 4.11. The SMILES string of the molecule is CNC(=O)[C@H](C)N1C[C@@](C)(NC(C)=O)C1=O. The molecule has 1 fully saturated rings. The number of hydrogen-bond acceptors (Lipinski definition) is 3. The highest BCUT2D eigenvalue weighted by Gasteiger charge is 2.51. The van der Waals surface area contributed by atoms with E-state index >= 15 is 0 Å². The van der Waals surface area contributed by atoms with Crippen molar-refractivity contribution in [2.24, 2.45) is 0 Å². The van der Waals surface area contributed by atoms with Crippen LogP contribution in [0.1, 0.15) is 20.8 Å². The fraction of sp³-hybridized carbons (Fsp3) is 0.700. The van der Waals surface area contributed by atoms with Crippen LogP contribution in [0.3, 0.4) is 0 Å². The summed E-state index contributed by atoms with van der Waals surface area (Å²) in [4.78, 5) is 35.5. The van der Waals surface area contributed by atoms with Crippen molar-refractivity contribution in [3.63, 3.8) is 0 Å². The fourth-order valence-corrected chi connectivity index (χ4v) is 1.85. The number of rotatable bonds is 3. The smallest absolute Gasteiger partial charge is 0.250 e. The third-order valence-electron chi connectivity index (χ3n) is 2.76. The topological polar surface area (TPSA) is 78.5 Å². The summed E-state index contributed by atoms with van der Waals surface area (Å²) in [5.41, 5.74) is -0.853. The van der Waals surface area contributed by atoms with Crippen LogP contribution >= 0.6 is 0 Å². The molecule has 1 heterocycles. The van der Waals surface area contributed by atoms with Gasteiger partial charge in [-0.1, -0.05) is 0 Å². The van der Waals surface area contributed by atoms with E-state index in [9.17, 15) is 14.4 Å². The van der Waals surface area contributed by atoms with E-state index in [0.29, 0.717) is 6.54 Å². The van der Waals surface area contributed by atoms with E-state index in [1.165, 1.54) is 18.9 Å². The molecule has 0 aliphatic carbocycles. The molecule has 1 saturated heterocycles. The lowest BCUT2D eigenvalue weighted by molar-refractivity contribution is -0.160. The zero-order chi connectivity index (χ0) is 12.5. The summed E-state index contributed by atoms with van der Waals surface area (Å²) in [6, 6.07) is -0.501. The normalized spacial score (nSPS) is 25.8. The number of β-lactam (4-membered cyclic amide) rings is 1. The first-order valence-electron chi connectivity index (χ1n) is 5.13. The van der Waals surface area contributed by atoms with E-state index in [1.54, 1.807) is 13.8 Å². The Morgan fingerprint density at radius 1 is 1.50 bits per heavy atom. The van der Waals surface area contributed by atoms with Gasteiger partial charge in [-0.15, -0.1) is 0 Å². The van der Waals surface area contributed by atoms with Gasteiger partial charge in [0.2, 0.25) is 11.8 Å². The quantitative estimate of drug-likeness (QED) is 0.598. The minimum absolute atomic E-state index is 0.210. The van der Waals surface area contributed by atoms with E-state index in [2.05, 4.69) is 10.6 Å². The number of hydrogen-bond donors (Lipinski definition) is 2. The molecule has 0 aromatic heterocycles. The Bertz CT molecular complexity index is 342. The van der Waals surface area contributed by atoms with Gasteiger partial charge >= 0.3 is 0 Å². The maximum atomic E-state index is 11.8. The lowest BCUT2D eigenvalue weighted by atomic mass is 9.89. The third kappa shape index (κ3) is 2.00. The number of nitrogens with one attached hydrogen (secondary N) is 2. The Morgan fingerprint density at radius 2 is 2.06 bits per heavy atom. The molecule has 90 valence electrons. The summed E-state index contributed by atoms with van der Waals surface area (Å²) in [6.07, 6.45) is 0. The Morgan fingerprint density at radius 3 is 2.44 bits per heavy atom. The van der Waals surface area contributed by atoms with Crippen LogP contribution in [0.5, 0.6) is 0 Å². The van der Waals surface area contributed by atoms with Gasteiger partial charge in [-0.25, -0.2) is 0 Å². The van der Waals surface area contributed by atoms with Crippen LogP contribution in [-0.4, -0.2) is 47.8 Å². The molecule has 3 amide bonds. The first-order chi connectivity index (χ1) is 7.31. The van der Waals surface area contributed by atoms with Gasteiger partial charge < -0.3 is 15.5 Å². The van der Waals surface area contributed by atoms with Crippen LogP contribution in [0, 0.1) is 0 Å². The molecule has 0 aromatic carbocycles. The molecule has 2 atom stereocenters. The first kappa shape index (κ1) is 12.5.